The fourth-order valence-corrected chi connectivity index (χ4v) is 2.60. The summed E-state index contributed by atoms with van der Waals surface area (Å²) in [6, 6.07) is 15.3. The second-order valence-electron chi connectivity index (χ2n) is 4.30. The van der Waals surface area contributed by atoms with E-state index in [1.165, 1.54) is 11.8 Å². The Hall–Kier alpha value is -1.65. The van der Waals surface area contributed by atoms with Crippen molar-refractivity contribution in [1.29, 1.82) is 0 Å². The van der Waals surface area contributed by atoms with E-state index >= 15 is 0 Å². The van der Waals surface area contributed by atoms with Crippen molar-refractivity contribution < 1.29 is 4.74 Å². The van der Waals surface area contributed by atoms with Crippen LogP contribution in [0.1, 0.15) is 12.5 Å². The highest BCUT2D eigenvalue weighted by atomic mass is 35.5. The van der Waals surface area contributed by atoms with Crippen molar-refractivity contribution >= 4 is 34.2 Å². The maximum absolute atomic E-state index is 5.95. The van der Waals surface area contributed by atoms with E-state index in [2.05, 4.69) is 4.99 Å². The molecule has 5 heteroatoms. The number of halogens is 1. The maximum atomic E-state index is 5.95. The molecular weight excluding hydrogens is 304 g/mol. The Morgan fingerprint density at radius 1 is 1.24 bits per heavy atom. The van der Waals surface area contributed by atoms with E-state index in [-0.39, 0.29) is 0 Å². The number of aliphatic imine (C=N–C) groups is 1. The minimum Gasteiger partial charge on any atom is -0.494 e. The van der Waals surface area contributed by atoms with Gasteiger partial charge in [0.1, 0.15) is 5.75 Å². The van der Waals surface area contributed by atoms with Crippen molar-refractivity contribution in [3.05, 3.63) is 59.1 Å². The van der Waals surface area contributed by atoms with Gasteiger partial charge in [-0.1, -0.05) is 35.5 Å². The van der Waals surface area contributed by atoms with E-state index in [1.54, 1.807) is 0 Å². The van der Waals surface area contributed by atoms with Gasteiger partial charge in [-0.25, -0.2) is 4.99 Å². The molecule has 110 valence electrons. The number of ether oxygens (including phenoxy) is 1. The third-order valence-electron chi connectivity index (χ3n) is 2.66. The molecule has 21 heavy (non-hydrogen) atoms. The Bertz CT molecular complexity index is 614. The first kappa shape index (κ1) is 15.7. The molecule has 0 aliphatic rings. The molecule has 3 nitrogen and oxygen atoms in total. The quantitative estimate of drug-likeness (QED) is 0.646. The van der Waals surface area contributed by atoms with Crippen LogP contribution in [-0.4, -0.2) is 11.8 Å². The lowest BCUT2D eigenvalue weighted by molar-refractivity contribution is 0.340. The van der Waals surface area contributed by atoms with E-state index < -0.39 is 0 Å². The summed E-state index contributed by atoms with van der Waals surface area (Å²) in [6.45, 7) is 2.61. The minimum atomic E-state index is 0.527. The zero-order valence-corrected chi connectivity index (χ0v) is 13.3. The van der Waals surface area contributed by atoms with Crippen molar-refractivity contribution in [3.63, 3.8) is 0 Å². The van der Waals surface area contributed by atoms with E-state index in [1.807, 2.05) is 55.5 Å². The SMILES string of the molecule is CCOc1ccc(N=C(N)SCc2cccc(Cl)c2)cc1. The first-order valence-electron chi connectivity index (χ1n) is 6.61. The van der Waals surface area contributed by atoms with E-state index in [9.17, 15) is 0 Å². The standard InChI is InChI=1S/C16H17ClN2OS/c1-2-20-15-8-6-14(7-9-15)19-16(18)21-11-12-4-3-5-13(17)10-12/h3-10H,2,11H2,1H3,(H2,18,19). The van der Waals surface area contributed by atoms with Crippen LogP contribution in [0, 0.1) is 0 Å². The Morgan fingerprint density at radius 3 is 2.67 bits per heavy atom. The minimum absolute atomic E-state index is 0.527. The van der Waals surface area contributed by atoms with Gasteiger partial charge in [-0.2, -0.15) is 0 Å². The van der Waals surface area contributed by atoms with Crippen molar-refractivity contribution in [2.45, 2.75) is 12.7 Å². The Labute approximate surface area is 134 Å². The highest BCUT2D eigenvalue weighted by Gasteiger charge is 1.99. The van der Waals surface area contributed by atoms with Crippen molar-refractivity contribution in [2.75, 3.05) is 6.61 Å². The van der Waals surface area contributed by atoms with Crippen molar-refractivity contribution in [2.24, 2.45) is 10.7 Å². The van der Waals surface area contributed by atoms with Crippen LogP contribution in [0.4, 0.5) is 5.69 Å². The molecule has 2 N–H and O–H groups in total. The van der Waals surface area contributed by atoms with Gasteiger partial charge < -0.3 is 10.5 Å². The molecule has 0 aliphatic carbocycles. The van der Waals surface area contributed by atoms with Gasteiger partial charge in [0.25, 0.3) is 0 Å². The summed E-state index contributed by atoms with van der Waals surface area (Å²) in [4.78, 5) is 4.37. The number of amidine groups is 1. The number of nitrogens with two attached hydrogens (primary N) is 1. The third kappa shape index (κ3) is 5.33. The average Bonchev–Trinajstić information content (AvgIpc) is 2.48. The van der Waals surface area contributed by atoms with Gasteiger partial charge in [-0.05, 0) is 48.9 Å². The summed E-state index contributed by atoms with van der Waals surface area (Å²) in [5.41, 5.74) is 7.87. The molecule has 0 saturated heterocycles. The van der Waals surface area contributed by atoms with E-state index in [4.69, 9.17) is 22.1 Å². The van der Waals surface area contributed by atoms with Crippen LogP contribution >= 0.6 is 23.4 Å². The summed E-state index contributed by atoms with van der Waals surface area (Å²) in [7, 11) is 0. The highest BCUT2D eigenvalue weighted by Crippen LogP contribution is 2.21. The van der Waals surface area contributed by atoms with Gasteiger partial charge >= 0.3 is 0 Å². The molecule has 0 fully saturated rings. The molecule has 0 heterocycles. The molecule has 0 aromatic heterocycles. The van der Waals surface area contributed by atoms with Crippen LogP contribution in [0.25, 0.3) is 0 Å². The lowest BCUT2D eigenvalue weighted by Gasteiger charge is -2.04. The van der Waals surface area contributed by atoms with E-state index in [0.717, 1.165) is 27.8 Å². The monoisotopic (exact) mass is 320 g/mol. The second-order valence-corrected chi connectivity index (χ2v) is 5.73. The Kier molecular flexibility index (Phi) is 5.96. The summed E-state index contributed by atoms with van der Waals surface area (Å²) < 4.78 is 5.38. The molecule has 0 spiro atoms. The molecule has 0 amide bonds. The topological polar surface area (TPSA) is 47.6 Å². The second kappa shape index (κ2) is 7.96. The molecular formula is C16H17ClN2OS. The number of hydrogen-bond donors (Lipinski definition) is 1. The zero-order valence-electron chi connectivity index (χ0n) is 11.8. The predicted molar refractivity (Wildman–Crippen MR) is 91.6 cm³/mol. The fraction of sp³-hybridized carbons (Fsp3) is 0.188. The first-order chi connectivity index (χ1) is 10.2. The van der Waals surface area contributed by atoms with Gasteiger partial charge in [0.05, 0.1) is 12.3 Å². The van der Waals surface area contributed by atoms with Crippen molar-refractivity contribution in [1.82, 2.24) is 0 Å². The molecule has 2 aromatic carbocycles. The molecule has 0 radical (unpaired) electrons. The lowest BCUT2D eigenvalue weighted by Crippen LogP contribution is -2.06. The normalized spacial score (nSPS) is 11.4. The molecule has 0 atom stereocenters. The van der Waals surface area contributed by atoms with Crippen LogP contribution in [0.5, 0.6) is 5.75 Å². The lowest BCUT2D eigenvalue weighted by atomic mass is 10.2. The van der Waals surface area contributed by atoms with E-state index in [0.29, 0.717) is 11.8 Å². The molecule has 2 aromatic rings. The molecule has 0 saturated carbocycles. The van der Waals surface area contributed by atoms with Gasteiger partial charge in [-0.15, -0.1) is 0 Å². The van der Waals surface area contributed by atoms with Gasteiger partial charge in [-0.3, -0.25) is 0 Å². The average molecular weight is 321 g/mol. The zero-order chi connectivity index (χ0) is 15.1. The predicted octanol–water partition coefficient (Wildman–Crippen LogP) is 4.62. The van der Waals surface area contributed by atoms with Crippen LogP contribution in [-0.2, 0) is 5.75 Å². The highest BCUT2D eigenvalue weighted by molar-refractivity contribution is 8.13. The maximum Gasteiger partial charge on any atom is 0.159 e. The Morgan fingerprint density at radius 2 is 2.00 bits per heavy atom. The number of hydrogen-bond acceptors (Lipinski definition) is 3. The van der Waals surface area contributed by atoms with Gasteiger partial charge in [0, 0.05) is 10.8 Å². The van der Waals surface area contributed by atoms with Gasteiger partial charge in [0.15, 0.2) is 5.17 Å². The summed E-state index contributed by atoms with van der Waals surface area (Å²) >= 11 is 7.43. The number of thioether (sulfide) groups is 1. The molecule has 2 rings (SSSR count). The van der Waals surface area contributed by atoms with Gasteiger partial charge in [0.2, 0.25) is 0 Å². The van der Waals surface area contributed by atoms with Crippen LogP contribution in [0.3, 0.4) is 0 Å². The van der Waals surface area contributed by atoms with Crippen LogP contribution in [0.2, 0.25) is 5.02 Å². The van der Waals surface area contributed by atoms with Crippen LogP contribution < -0.4 is 10.5 Å². The molecule has 0 aliphatic heterocycles. The first-order valence-corrected chi connectivity index (χ1v) is 7.98. The number of benzene rings is 2. The third-order valence-corrected chi connectivity index (χ3v) is 3.76. The van der Waals surface area contributed by atoms with Crippen molar-refractivity contribution in [3.8, 4) is 5.75 Å². The largest absolute Gasteiger partial charge is 0.494 e. The summed E-state index contributed by atoms with van der Waals surface area (Å²) in [6.07, 6.45) is 0. The molecule has 0 unspecified atom stereocenters. The number of nitrogens with zero attached hydrogens (tertiary/aromatic N) is 1. The smallest absolute Gasteiger partial charge is 0.159 e. The van der Waals surface area contributed by atoms with Crippen LogP contribution in [0.15, 0.2) is 53.5 Å². The Balaban J connectivity index is 1.94. The fourth-order valence-electron chi connectivity index (χ4n) is 1.73. The number of rotatable bonds is 5. The summed E-state index contributed by atoms with van der Waals surface area (Å²) in [5.74, 6) is 1.58. The summed E-state index contributed by atoms with van der Waals surface area (Å²) in [5, 5.41) is 1.26. The molecule has 0 bridgehead atoms.